The van der Waals surface area contributed by atoms with Crippen LogP contribution in [0.1, 0.15) is 40.1 Å². The molecule has 0 unspecified atom stereocenters. The van der Waals surface area contributed by atoms with E-state index in [0.717, 1.165) is 6.42 Å². The van der Waals surface area contributed by atoms with E-state index in [9.17, 15) is 9.59 Å². The lowest BCUT2D eigenvalue weighted by Crippen LogP contribution is -2.31. The van der Waals surface area contributed by atoms with Crippen LogP contribution in [0.2, 0.25) is 10.0 Å². The molecule has 128 valence electrons. The molecule has 0 atom stereocenters. The third-order valence-electron chi connectivity index (χ3n) is 3.22. The van der Waals surface area contributed by atoms with E-state index >= 15 is 0 Å². The highest BCUT2D eigenvalue weighted by molar-refractivity contribution is 6.42. The van der Waals surface area contributed by atoms with Crippen molar-refractivity contribution in [1.82, 2.24) is 9.88 Å². The van der Waals surface area contributed by atoms with Gasteiger partial charge in [0.1, 0.15) is 6.26 Å². The van der Waals surface area contributed by atoms with Crippen molar-refractivity contribution >= 4 is 35.1 Å². The number of rotatable bonds is 6. The van der Waals surface area contributed by atoms with Crippen molar-refractivity contribution in [3.05, 3.63) is 51.7 Å². The van der Waals surface area contributed by atoms with Crippen LogP contribution in [0.3, 0.4) is 0 Å². The highest BCUT2D eigenvalue weighted by Gasteiger charge is 2.20. The number of methoxy groups -OCH3 is 1. The van der Waals surface area contributed by atoms with Crippen molar-refractivity contribution < 1.29 is 18.7 Å². The summed E-state index contributed by atoms with van der Waals surface area (Å²) in [5, 5.41) is 0.689. The normalized spacial score (nSPS) is 10.5. The molecule has 0 aliphatic heterocycles. The molecule has 1 heterocycles. The van der Waals surface area contributed by atoms with Gasteiger partial charge in [-0.2, -0.15) is 0 Å². The lowest BCUT2D eigenvalue weighted by molar-refractivity contribution is 0.0594. The zero-order valence-electron chi connectivity index (χ0n) is 13.2. The summed E-state index contributed by atoms with van der Waals surface area (Å²) in [5.74, 6) is -0.576. The monoisotopic (exact) mass is 370 g/mol. The van der Waals surface area contributed by atoms with Gasteiger partial charge in [0.25, 0.3) is 5.91 Å². The minimum absolute atomic E-state index is 0.0611. The van der Waals surface area contributed by atoms with Crippen LogP contribution in [0.4, 0.5) is 0 Å². The number of oxazole rings is 1. The van der Waals surface area contributed by atoms with E-state index in [1.54, 1.807) is 17.0 Å². The Morgan fingerprint density at radius 1 is 1.29 bits per heavy atom. The lowest BCUT2D eigenvalue weighted by atomic mass is 10.2. The first-order chi connectivity index (χ1) is 11.5. The fraction of sp³-hybridized carbons (Fsp3) is 0.312. The number of carbonyl (C=O) groups excluding carboxylic acids is 2. The summed E-state index contributed by atoms with van der Waals surface area (Å²) in [4.78, 5) is 29.7. The third-order valence-corrected chi connectivity index (χ3v) is 3.96. The van der Waals surface area contributed by atoms with Gasteiger partial charge >= 0.3 is 5.97 Å². The Labute approximate surface area is 149 Å². The van der Waals surface area contributed by atoms with Crippen molar-refractivity contribution in [2.24, 2.45) is 0 Å². The van der Waals surface area contributed by atoms with Gasteiger partial charge in [-0.3, -0.25) is 4.79 Å². The molecular formula is C16H16Cl2N2O4. The Balaban J connectivity index is 2.19. The van der Waals surface area contributed by atoms with Crippen molar-refractivity contribution in [3.63, 3.8) is 0 Å². The average Bonchev–Trinajstić information content (AvgIpc) is 3.04. The van der Waals surface area contributed by atoms with Crippen LogP contribution >= 0.6 is 23.2 Å². The van der Waals surface area contributed by atoms with Gasteiger partial charge < -0.3 is 14.1 Å². The Hall–Kier alpha value is -2.05. The van der Waals surface area contributed by atoms with Gasteiger partial charge in [-0.1, -0.05) is 30.1 Å². The quantitative estimate of drug-likeness (QED) is 0.722. The van der Waals surface area contributed by atoms with E-state index in [2.05, 4.69) is 9.72 Å². The summed E-state index contributed by atoms with van der Waals surface area (Å²) in [6.07, 6.45) is 1.95. The predicted molar refractivity (Wildman–Crippen MR) is 89.3 cm³/mol. The second kappa shape index (κ2) is 8.17. The fourth-order valence-electron chi connectivity index (χ4n) is 2.08. The maximum absolute atomic E-state index is 12.7. The number of hydrogen-bond acceptors (Lipinski definition) is 5. The van der Waals surface area contributed by atoms with E-state index in [-0.39, 0.29) is 24.0 Å². The van der Waals surface area contributed by atoms with E-state index < -0.39 is 5.97 Å². The molecule has 0 bridgehead atoms. The minimum Gasteiger partial charge on any atom is -0.464 e. The lowest BCUT2D eigenvalue weighted by Gasteiger charge is -2.20. The number of benzene rings is 1. The van der Waals surface area contributed by atoms with Crippen molar-refractivity contribution in [2.45, 2.75) is 19.9 Å². The van der Waals surface area contributed by atoms with Gasteiger partial charge in [0.2, 0.25) is 5.89 Å². The number of esters is 1. The molecule has 0 aliphatic carbocycles. The summed E-state index contributed by atoms with van der Waals surface area (Å²) >= 11 is 11.8. The van der Waals surface area contributed by atoms with E-state index in [1.165, 1.54) is 19.4 Å². The van der Waals surface area contributed by atoms with E-state index in [0.29, 0.717) is 22.2 Å². The van der Waals surface area contributed by atoms with Gasteiger partial charge in [-0.25, -0.2) is 9.78 Å². The van der Waals surface area contributed by atoms with Crippen LogP contribution in [-0.4, -0.2) is 35.4 Å². The first kappa shape index (κ1) is 18.3. The molecule has 0 saturated carbocycles. The summed E-state index contributed by atoms with van der Waals surface area (Å²) in [6.45, 7) is 2.57. The number of aromatic nitrogens is 1. The Bertz CT molecular complexity index is 745. The molecule has 0 saturated heterocycles. The molecule has 1 amide bonds. The highest BCUT2D eigenvalue weighted by atomic mass is 35.5. The van der Waals surface area contributed by atoms with Crippen LogP contribution in [-0.2, 0) is 11.3 Å². The SMILES string of the molecule is CCCN(Cc1nc(C(=O)OC)co1)C(=O)c1ccc(Cl)c(Cl)c1. The summed E-state index contributed by atoms with van der Waals surface area (Å²) in [5.41, 5.74) is 0.475. The van der Waals surface area contributed by atoms with Crippen molar-refractivity contribution in [3.8, 4) is 0 Å². The van der Waals surface area contributed by atoms with Crippen LogP contribution < -0.4 is 0 Å². The molecule has 0 aliphatic rings. The number of nitrogens with zero attached hydrogens (tertiary/aromatic N) is 2. The van der Waals surface area contributed by atoms with E-state index in [4.69, 9.17) is 27.6 Å². The smallest absolute Gasteiger partial charge is 0.360 e. The average molecular weight is 371 g/mol. The standard InChI is InChI=1S/C16H16Cl2N2O4/c1-3-6-20(8-14-19-13(9-24-14)16(22)23-2)15(21)10-4-5-11(17)12(18)7-10/h4-5,7,9H,3,6,8H2,1-2H3. The van der Waals surface area contributed by atoms with Gasteiger partial charge in [-0.05, 0) is 24.6 Å². The van der Waals surface area contributed by atoms with Crippen LogP contribution in [0.5, 0.6) is 0 Å². The zero-order chi connectivity index (χ0) is 17.7. The largest absolute Gasteiger partial charge is 0.464 e. The molecule has 0 radical (unpaired) electrons. The Kier molecular flexibility index (Phi) is 6.23. The molecule has 2 rings (SSSR count). The fourth-order valence-corrected chi connectivity index (χ4v) is 2.38. The highest BCUT2D eigenvalue weighted by Crippen LogP contribution is 2.23. The van der Waals surface area contributed by atoms with Gasteiger partial charge in [0, 0.05) is 12.1 Å². The first-order valence-electron chi connectivity index (χ1n) is 7.23. The molecule has 2 aromatic rings. The van der Waals surface area contributed by atoms with Crippen LogP contribution in [0.25, 0.3) is 0 Å². The van der Waals surface area contributed by atoms with Crippen LogP contribution in [0.15, 0.2) is 28.9 Å². The number of hydrogen-bond donors (Lipinski definition) is 0. The number of amides is 1. The van der Waals surface area contributed by atoms with Crippen molar-refractivity contribution in [2.75, 3.05) is 13.7 Å². The molecule has 1 aromatic carbocycles. The minimum atomic E-state index is -0.595. The van der Waals surface area contributed by atoms with Gasteiger partial charge in [0.15, 0.2) is 5.69 Å². The zero-order valence-corrected chi connectivity index (χ0v) is 14.7. The van der Waals surface area contributed by atoms with Crippen LogP contribution in [0, 0.1) is 0 Å². The summed E-state index contributed by atoms with van der Waals surface area (Å²) < 4.78 is 9.81. The second-order valence-electron chi connectivity index (χ2n) is 4.97. The summed E-state index contributed by atoms with van der Waals surface area (Å²) in [7, 11) is 1.26. The Morgan fingerprint density at radius 2 is 2.04 bits per heavy atom. The van der Waals surface area contributed by atoms with E-state index in [1.807, 2.05) is 6.92 Å². The molecule has 8 heteroatoms. The topological polar surface area (TPSA) is 72.6 Å². The Morgan fingerprint density at radius 3 is 2.67 bits per heavy atom. The number of ether oxygens (including phenoxy) is 1. The van der Waals surface area contributed by atoms with Crippen molar-refractivity contribution in [1.29, 1.82) is 0 Å². The summed E-state index contributed by atoms with van der Waals surface area (Å²) in [6, 6.07) is 4.70. The molecule has 0 spiro atoms. The second-order valence-corrected chi connectivity index (χ2v) is 5.79. The maximum Gasteiger partial charge on any atom is 0.360 e. The maximum atomic E-state index is 12.7. The molecular weight excluding hydrogens is 355 g/mol. The molecule has 0 N–H and O–H groups in total. The molecule has 24 heavy (non-hydrogen) atoms. The number of carbonyl (C=O) groups is 2. The molecule has 0 fully saturated rings. The van der Waals surface area contributed by atoms with Gasteiger partial charge in [-0.15, -0.1) is 0 Å². The molecule has 6 nitrogen and oxygen atoms in total. The number of halogens is 2. The predicted octanol–water partition coefficient (Wildman–Crippen LogP) is 3.82. The molecule has 1 aromatic heterocycles. The first-order valence-corrected chi connectivity index (χ1v) is 7.98. The third kappa shape index (κ3) is 4.27. The van der Waals surface area contributed by atoms with Gasteiger partial charge in [0.05, 0.1) is 23.7 Å².